The van der Waals surface area contributed by atoms with E-state index in [0.717, 1.165) is 28.5 Å². The molecule has 1 aromatic heterocycles. The molecule has 0 radical (unpaired) electrons. The average molecular weight is 256 g/mol. The van der Waals surface area contributed by atoms with Gasteiger partial charge in [0.15, 0.2) is 5.13 Å². The molecule has 17 heavy (non-hydrogen) atoms. The molecule has 2 N–H and O–H groups in total. The summed E-state index contributed by atoms with van der Waals surface area (Å²) in [6.07, 6.45) is 2.58. The van der Waals surface area contributed by atoms with Crippen LogP contribution in [0.4, 0.5) is 5.13 Å². The average Bonchev–Trinajstić information content (AvgIpc) is 2.71. The largest absolute Gasteiger partial charge is 0.481 e. The topological polar surface area (TPSA) is 71.5 Å². The quantitative estimate of drug-likeness (QED) is 0.785. The molecule has 2 rings (SSSR count). The highest BCUT2D eigenvalue weighted by molar-refractivity contribution is 7.15. The fraction of sp³-hybridized carbons (Fsp3) is 0.636. The van der Waals surface area contributed by atoms with Crippen LogP contribution in [0.3, 0.4) is 0 Å². The number of thiazole rings is 1. The van der Waals surface area contributed by atoms with E-state index in [1.807, 2.05) is 0 Å². The van der Waals surface area contributed by atoms with Gasteiger partial charge in [-0.15, -0.1) is 11.3 Å². The molecule has 1 aliphatic rings. The van der Waals surface area contributed by atoms with Crippen molar-refractivity contribution in [3.63, 3.8) is 0 Å². The number of methoxy groups -OCH3 is 1. The lowest BCUT2D eigenvalue weighted by Crippen LogP contribution is -2.17. The van der Waals surface area contributed by atoms with Crippen molar-refractivity contribution < 1.29 is 14.6 Å². The summed E-state index contributed by atoms with van der Waals surface area (Å²) in [5.74, 6) is -1.19. The number of rotatable bonds is 5. The van der Waals surface area contributed by atoms with Gasteiger partial charge in [-0.1, -0.05) is 0 Å². The molecular weight excluding hydrogens is 240 g/mol. The van der Waals surface area contributed by atoms with Crippen LogP contribution in [-0.2, 0) is 16.0 Å². The van der Waals surface area contributed by atoms with Crippen molar-refractivity contribution in [2.45, 2.75) is 25.2 Å². The van der Waals surface area contributed by atoms with Gasteiger partial charge in [-0.2, -0.15) is 0 Å². The number of anilines is 1. The second kappa shape index (κ2) is 5.46. The summed E-state index contributed by atoms with van der Waals surface area (Å²) < 4.78 is 4.95. The van der Waals surface area contributed by atoms with Crippen LogP contribution in [0.25, 0.3) is 0 Å². The molecule has 0 saturated carbocycles. The van der Waals surface area contributed by atoms with Crippen molar-refractivity contribution in [2.24, 2.45) is 0 Å². The first-order valence-corrected chi connectivity index (χ1v) is 6.49. The zero-order chi connectivity index (χ0) is 12.3. The highest BCUT2D eigenvalue weighted by atomic mass is 32.1. The van der Waals surface area contributed by atoms with Gasteiger partial charge in [0, 0.05) is 18.5 Å². The fourth-order valence-corrected chi connectivity index (χ4v) is 3.08. The molecule has 0 aliphatic heterocycles. The summed E-state index contributed by atoms with van der Waals surface area (Å²) in [7, 11) is 1.65. The van der Waals surface area contributed by atoms with E-state index in [2.05, 4.69) is 10.3 Å². The Kier molecular flexibility index (Phi) is 3.96. The van der Waals surface area contributed by atoms with Gasteiger partial charge in [0.25, 0.3) is 0 Å². The number of ether oxygens (including phenoxy) is 1. The van der Waals surface area contributed by atoms with Gasteiger partial charge < -0.3 is 15.2 Å². The Morgan fingerprint density at radius 1 is 1.71 bits per heavy atom. The van der Waals surface area contributed by atoms with Crippen molar-refractivity contribution in [2.75, 3.05) is 25.6 Å². The van der Waals surface area contributed by atoms with E-state index < -0.39 is 11.9 Å². The number of carbonyl (C=O) groups is 1. The van der Waals surface area contributed by atoms with Crippen LogP contribution in [0.15, 0.2) is 0 Å². The van der Waals surface area contributed by atoms with Gasteiger partial charge in [-0.05, 0) is 19.3 Å². The van der Waals surface area contributed by atoms with E-state index in [1.165, 1.54) is 0 Å². The maximum absolute atomic E-state index is 11.1. The van der Waals surface area contributed by atoms with Crippen molar-refractivity contribution in [1.29, 1.82) is 0 Å². The molecule has 1 aromatic rings. The van der Waals surface area contributed by atoms with Gasteiger partial charge in [-0.3, -0.25) is 4.79 Å². The van der Waals surface area contributed by atoms with E-state index in [9.17, 15) is 4.79 Å². The van der Waals surface area contributed by atoms with Gasteiger partial charge in [0.05, 0.1) is 12.3 Å². The van der Waals surface area contributed by atoms with E-state index in [1.54, 1.807) is 18.4 Å². The van der Waals surface area contributed by atoms with Crippen LogP contribution in [-0.4, -0.2) is 36.3 Å². The van der Waals surface area contributed by atoms with Gasteiger partial charge >= 0.3 is 5.97 Å². The normalized spacial score (nSPS) is 18.8. The molecule has 1 heterocycles. The number of aryl methyl sites for hydroxylation is 1. The SMILES string of the molecule is COCCNc1nc2c(s1)CCCC2C(=O)O. The van der Waals surface area contributed by atoms with E-state index in [-0.39, 0.29) is 0 Å². The molecule has 0 amide bonds. The van der Waals surface area contributed by atoms with Crippen LogP contribution in [0, 0.1) is 0 Å². The molecule has 1 aliphatic carbocycles. The van der Waals surface area contributed by atoms with Crippen molar-refractivity contribution in [3.8, 4) is 0 Å². The molecule has 0 fully saturated rings. The Hall–Kier alpha value is -1.14. The smallest absolute Gasteiger partial charge is 0.312 e. The predicted octanol–water partition coefficient (Wildman–Crippen LogP) is 1.71. The molecule has 94 valence electrons. The summed E-state index contributed by atoms with van der Waals surface area (Å²) >= 11 is 1.57. The first-order chi connectivity index (χ1) is 8.22. The van der Waals surface area contributed by atoms with Crippen LogP contribution in [0.2, 0.25) is 0 Å². The minimum atomic E-state index is -0.764. The first kappa shape index (κ1) is 12.3. The Morgan fingerprint density at radius 3 is 3.24 bits per heavy atom. The number of aliphatic carboxylic acids is 1. The number of fused-ring (bicyclic) bond motifs is 1. The predicted molar refractivity (Wildman–Crippen MR) is 65.8 cm³/mol. The molecule has 0 spiro atoms. The van der Waals surface area contributed by atoms with E-state index >= 15 is 0 Å². The molecule has 0 aromatic carbocycles. The molecule has 5 nitrogen and oxygen atoms in total. The minimum Gasteiger partial charge on any atom is -0.481 e. The molecule has 1 unspecified atom stereocenters. The van der Waals surface area contributed by atoms with Crippen LogP contribution < -0.4 is 5.32 Å². The zero-order valence-electron chi connectivity index (χ0n) is 9.73. The fourth-order valence-electron chi connectivity index (χ4n) is 1.99. The number of nitrogens with one attached hydrogen (secondary N) is 1. The number of hydrogen-bond donors (Lipinski definition) is 2. The lowest BCUT2D eigenvalue weighted by molar-refractivity contribution is -0.139. The van der Waals surface area contributed by atoms with Gasteiger partial charge in [-0.25, -0.2) is 4.98 Å². The molecular formula is C11H16N2O3S. The third kappa shape index (κ3) is 2.76. The lowest BCUT2D eigenvalue weighted by atomic mass is 9.91. The van der Waals surface area contributed by atoms with Crippen LogP contribution in [0.1, 0.15) is 29.3 Å². The van der Waals surface area contributed by atoms with Crippen molar-refractivity contribution >= 4 is 22.4 Å². The van der Waals surface area contributed by atoms with Crippen molar-refractivity contribution in [1.82, 2.24) is 4.98 Å². The summed E-state index contributed by atoms with van der Waals surface area (Å²) in [6, 6.07) is 0. The van der Waals surface area contributed by atoms with Crippen LogP contribution in [0.5, 0.6) is 0 Å². The number of aromatic nitrogens is 1. The molecule has 6 heteroatoms. The highest BCUT2D eigenvalue weighted by Gasteiger charge is 2.29. The second-order valence-corrected chi connectivity index (χ2v) is 5.11. The molecule has 0 saturated heterocycles. The maximum atomic E-state index is 11.1. The summed E-state index contributed by atoms with van der Waals surface area (Å²) in [4.78, 5) is 16.6. The molecule has 1 atom stereocenters. The first-order valence-electron chi connectivity index (χ1n) is 5.67. The summed E-state index contributed by atoms with van der Waals surface area (Å²) in [6.45, 7) is 1.31. The Bertz CT molecular complexity index is 405. The minimum absolute atomic E-state index is 0.423. The lowest BCUT2D eigenvalue weighted by Gasteiger charge is -2.16. The van der Waals surface area contributed by atoms with E-state index in [4.69, 9.17) is 9.84 Å². The highest BCUT2D eigenvalue weighted by Crippen LogP contribution is 2.36. The maximum Gasteiger partial charge on any atom is 0.312 e. The zero-order valence-corrected chi connectivity index (χ0v) is 10.5. The van der Waals surface area contributed by atoms with Gasteiger partial charge in [0.1, 0.15) is 5.92 Å². The number of nitrogens with zero attached hydrogens (tertiary/aromatic N) is 1. The van der Waals surface area contributed by atoms with Crippen LogP contribution >= 0.6 is 11.3 Å². The Labute approximate surface area is 104 Å². The Balaban J connectivity index is 2.10. The number of carboxylic acid groups (broad SMARTS) is 1. The number of carboxylic acids is 1. The van der Waals surface area contributed by atoms with Gasteiger partial charge in [0.2, 0.25) is 0 Å². The van der Waals surface area contributed by atoms with Crippen molar-refractivity contribution in [3.05, 3.63) is 10.6 Å². The monoisotopic (exact) mass is 256 g/mol. The standard InChI is InChI=1S/C11H16N2O3S/c1-16-6-5-12-11-13-9-7(10(14)15)3-2-4-8(9)17-11/h7H,2-6H2,1H3,(H,12,13)(H,14,15). The molecule has 0 bridgehead atoms. The Morgan fingerprint density at radius 2 is 2.53 bits per heavy atom. The summed E-state index contributed by atoms with van der Waals surface area (Å²) in [5, 5.41) is 13.1. The second-order valence-electron chi connectivity index (χ2n) is 4.03. The third-order valence-electron chi connectivity index (χ3n) is 2.83. The number of hydrogen-bond acceptors (Lipinski definition) is 5. The van der Waals surface area contributed by atoms with E-state index in [0.29, 0.717) is 19.6 Å². The summed E-state index contributed by atoms with van der Waals surface area (Å²) in [5.41, 5.74) is 0.758. The third-order valence-corrected chi connectivity index (χ3v) is 3.92.